The summed E-state index contributed by atoms with van der Waals surface area (Å²) in [6.45, 7) is 11.5. The van der Waals surface area contributed by atoms with Crippen molar-refractivity contribution in [3.8, 4) is 5.69 Å². The first-order valence-corrected chi connectivity index (χ1v) is 14.6. The SMILES string of the molecule is Cc1ccc(C)c(-n2c(C)cc(/C=N\NC(=O)CN(c3ccc(C)c(C)c3)S(=O)(=O)c3ccc(Cl)cc3)c2C)c1. The van der Waals surface area contributed by atoms with E-state index in [0.29, 0.717) is 10.7 Å². The van der Waals surface area contributed by atoms with Gasteiger partial charge in [-0.2, -0.15) is 5.10 Å². The number of carbonyl (C=O) groups is 1. The largest absolute Gasteiger partial charge is 0.318 e. The van der Waals surface area contributed by atoms with E-state index in [1.807, 2.05) is 39.8 Å². The number of anilines is 1. The average Bonchev–Trinajstić information content (AvgIpc) is 3.18. The molecule has 0 aliphatic carbocycles. The molecule has 0 bridgehead atoms. The number of hydrogen-bond acceptors (Lipinski definition) is 4. The molecule has 4 aromatic rings. The van der Waals surface area contributed by atoms with E-state index < -0.39 is 22.5 Å². The summed E-state index contributed by atoms with van der Waals surface area (Å²) in [5.74, 6) is -0.574. The Morgan fingerprint density at radius 2 is 1.57 bits per heavy atom. The number of rotatable bonds is 8. The molecule has 40 heavy (non-hydrogen) atoms. The van der Waals surface area contributed by atoms with Crippen LogP contribution in [-0.2, 0) is 14.8 Å². The molecule has 208 valence electrons. The number of hydrazone groups is 1. The van der Waals surface area contributed by atoms with Gasteiger partial charge in [0.15, 0.2) is 0 Å². The van der Waals surface area contributed by atoms with Crippen LogP contribution in [-0.4, -0.2) is 31.7 Å². The molecule has 0 aliphatic heterocycles. The highest BCUT2D eigenvalue weighted by atomic mass is 35.5. The average molecular weight is 577 g/mol. The number of halogens is 1. The van der Waals surface area contributed by atoms with E-state index in [2.05, 4.69) is 47.1 Å². The maximum atomic E-state index is 13.6. The summed E-state index contributed by atoms with van der Waals surface area (Å²) >= 11 is 5.97. The number of amides is 1. The van der Waals surface area contributed by atoms with Gasteiger partial charge in [0, 0.05) is 27.7 Å². The number of aryl methyl sites for hydroxylation is 5. The van der Waals surface area contributed by atoms with Crippen LogP contribution in [0.5, 0.6) is 0 Å². The smallest absolute Gasteiger partial charge is 0.264 e. The van der Waals surface area contributed by atoms with Gasteiger partial charge in [0.2, 0.25) is 0 Å². The molecule has 4 rings (SSSR count). The zero-order valence-electron chi connectivity index (χ0n) is 23.5. The van der Waals surface area contributed by atoms with Crippen molar-refractivity contribution in [1.82, 2.24) is 9.99 Å². The summed E-state index contributed by atoms with van der Waals surface area (Å²) in [5.41, 5.74) is 11.1. The second-order valence-electron chi connectivity index (χ2n) is 9.98. The fourth-order valence-corrected chi connectivity index (χ4v) is 6.06. The van der Waals surface area contributed by atoms with Gasteiger partial charge in [-0.3, -0.25) is 9.10 Å². The van der Waals surface area contributed by atoms with Crippen LogP contribution < -0.4 is 9.73 Å². The highest BCUT2D eigenvalue weighted by molar-refractivity contribution is 7.92. The fourth-order valence-electron chi connectivity index (χ4n) is 4.52. The maximum Gasteiger partial charge on any atom is 0.264 e. The van der Waals surface area contributed by atoms with Gasteiger partial charge in [0.25, 0.3) is 15.9 Å². The Labute approximate surface area is 241 Å². The van der Waals surface area contributed by atoms with E-state index in [1.165, 1.54) is 24.3 Å². The third-order valence-electron chi connectivity index (χ3n) is 6.94. The van der Waals surface area contributed by atoms with E-state index in [9.17, 15) is 13.2 Å². The number of aromatic nitrogens is 1. The van der Waals surface area contributed by atoms with Crippen molar-refractivity contribution in [3.05, 3.63) is 111 Å². The van der Waals surface area contributed by atoms with Crippen molar-refractivity contribution in [2.75, 3.05) is 10.8 Å². The Morgan fingerprint density at radius 3 is 2.25 bits per heavy atom. The van der Waals surface area contributed by atoms with Gasteiger partial charge in [0.1, 0.15) is 6.54 Å². The zero-order valence-corrected chi connectivity index (χ0v) is 25.1. The standard InChI is InChI=1S/C31H33ClN4O3S/c1-20-7-8-22(3)30(15-20)36-24(5)17-26(25(36)6)18-33-34-31(37)19-35(28-12-9-21(2)23(4)16-28)40(38,39)29-13-10-27(32)11-14-29/h7-18H,19H2,1-6H3,(H,34,37)/b33-18-. The van der Waals surface area contributed by atoms with Crippen LogP contribution in [0.4, 0.5) is 5.69 Å². The summed E-state index contributed by atoms with van der Waals surface area (Å²) in [6, 6.07) is 19.4. The third kappa shape index (κ3) is 6.13. The van der Waals surface area contributed by atoms with Gasteiger partial charge in [-0.25, -0.2) is 13.8 Å². The number of sulfonamides is 1. The Bertz CT molecular complexity index is 1710. The minimum atomic E-state index is -4.06. The van der Waals surface area contributed by atoms with Gasteiger partial charge < -0.3 is 4.57 Å². The molecule has 0 saturated carbocycles. The number of benzene rings is 3. The Hall–Kier alpha value is -3.88. The highest BCUT2D eigenvalue weighted by Gasteiger charge is 2.27. The quantitative estimate of drug-likeness (QED) is 0.197. The minimum absolute atomic E-state index is 0.0327. The van der Waals surface area contributed by atoms with Crippen molar-refractivity contribution >= 4 is 39.4 Å². The monoisotopic (exact) mass is 576 g/mol. The molecular weight excluding hydrogens is 544 g/mol. The molecule has 0 unspecified atom stereocenters. The van der Waals surface area contributed by atoms with E-state index in [1.54, 1.807) is 18.3 Å². The molecule has 9 heteroatoms. The van der Waals surface area contributed by atoms with Crippen LogP contribution in [0.2, 0.25) is 5.02 Å². The predicted octanol–water partition coefficient (Wildman–Crippen LogP) is 6.33. The van der Waals surface area contributed by atoms with Crippen LogP contribution >= 0.6 is 11.6 Å². The molecule has 0 aliphatic rings. The van der Waals surface area contributed by atoms with Crippen molar-refractivity contribution < 1.29 is 13.2 Å². The summed E-state index contributed by atoms with van der Waals surface area (Å²) in [6.07, 6.45) is 1.58. The highest BCUT2D eigenvalue weighted by Crippen LogP contribution is 2.27. The molecule has 1 aromatic heterocycles. The van der Waals surface area contributed by atoms with Gasteiger partial charge >= 0.3 is 0 Å². The number of carbonyl (C=O) groups excluding carboxylic acids is 1. The van der Waals surface area contributed by atoms with E-state index >= 15 is 0 Å². The fraction of sp³-hybridized carbons (Fsp3) is 0.226. The van der Waals surface area contributed by atoms with Gasteiger partial charge in [0.05, 0.1) is 16.8 Å². The normalized spacial score (nSPS) is 11.7. The van der Waals surface area contributed by atoms with E-state index in [0.717, 1.165) is 49.2 Å². The van der Waals surface area contributed by atoms with Crippen LogP contribution in [0, 0.1) is 41.5 Å². The molecule has 1 N–H and O–H groups in total. The second kappa shape index (κ2) is 11.7. The first-order chi connectivity index (χ1) is 18.9. The van der Waals surface area contributed by atoms with Gasteiger partial charge in [-0.1, -0.05) is 29.8 Å². The molecule has 0 fully saturated rings. The van der Waals surface area contributed by atoms with Crippen molar-refractivity contribution in [1.29, 1.82) is 0 Å². The van der Waals surface area contributed by atoms with Crippen LogP contribution in [0.15, 0.2) is 76.7 Å². The maximum absolute atomic E-state index is 13.6. The first kappa shape index (κ1) is 29.1. The lowest BCUT2D eigenvalue weighted by Gasteiger charge is -2.24. The summed E-state index contributed by atoms with van der Waals surface area (Å²) < 4.78 is 30.4. The van der Waals surface area contributed by atoms with Crippen molar-refractivity contribution in [2.45, 2.75) is 46.4 Å². The molecule has 0 radical (unpaired) electrons. The molecule has 7 nitrogen and oxygen atoms in total. The Kier molecular flexibility index (Phi) is 8.51. The molecule has 0 atom stereocenters. The second-order valence-corrected chi connectivity index (χ2v) is 12.3. The lowest BCUT2D eigenvalue weighted by molar-refractivity contribution is -0.119. The third-order valence-corrected chi connectivity index (χ3v) is 8.98. The molecule has 0 spiro atoms. The van der Waals surface area contributed by atoms with Gasteiger partial charge in [-0.05, 0) is 112 Å². The molecule has 3 aromatic carbocycles. The summed E-state index contributed by atoms with van der Waals surface area (Å²) in [4.78, 5) is 13.0. The summed E-state index contributed by atoms with van der Waals surface area (Å²) in [7, 11) is -4.06. The molecule has 1 heterocycles. The number of nitrogens with zero attached hydrogens (tertiary/aromatic N) is 3. The van der Waals surface area contributed by atoms with E-state index in [-0.39, 0.29) is 4.90 Å². The topological polar surface area (TPSA) is 83.8 Å². The lowest BCUT2D eigenvalue weighted by Crippen LogP contribution is -2.39. The molecular formula is C31H33ClN4O3S. The molecule has 1 amide bonds. The predicted molar refractivity (Wildman–Crippen MR) is 162 cm³/mol. The number of nitrogens with one attached hydrogen (secondary N) is 1. The van der Waals surface area contributed by atoms with Crippen LogP contribution in [0.3, 0.4) is 0 Å². The van der Waals surface area contributed by atoms with E-state index in [4.69, 9.17) is 11.6 Å². The van der Waals surface area contributed by atoms with Crippen molar-refractivity contribution in [3.63, 3.8) is 0 Å². The van der Waals surface area contributed by atoms with Crippen molar-refractivity contribution in [2.24, 2.45) is 5.10 Å². The minimum Gasteiger partial charge on any atom is -0.318 e. The van der Waals surface area contributed by atoms with Crippen LogP contribution in [0.25, 0.3) is 5.69 Å². The van der Waals surface area contributed by atoms with Gasteiger partial charge in [-0.15, -0.1) is 0 Å². The zero-order chi connectivity index (χ0) is 29.2. The molecule has 0 saturated heterocycles. The van der Waals surface area contributed by atoms with Crippen LogP contribution in [0.1, 0.15) is 39.2 Å². The number of hydrogen-bond donors (Lipinski definition) is 1. The lowest BCUT2D eigenvalue weighted by atomic mass is 10.1. The Morgan fingerprint density at radius 1 is 0.900 bits per heavy atom. The summed E-state index contributed by atoms with van der Waals surface area (Å²) in [5, 5.41) is 4.58. The Balaban J connectivity index is 1.58. The first-order valence-electron chi connectivity index (χ1n) is 12.8.